The van der Waals surface area contributed by atoms with Crippen LogP contribution in [0.1, 0.15) is 71.1 Å². The number of hydrogen-bond donors (Lipinski definition) is 2. The summed E-state index contributed by atoms with van der Waals surface area (Å²) < 4.78 is 31.2. The topological polar surface area (TPSA) is 74.6 Å². The zero-order chi connectivity index (χ0) is 13.9. The van der Waals surface area contributed by atoms with Crippen LogP contribution in [-0.2, 0) is 10.1 Å². The Labute approximate surface area is 112 Å². The number of unbranched alkanes of at least 4 members (excludes halogenated alkanes) is 6. The van der Waals surface area contributed by atoms with E-state index in [0.29, 0.717) is 12.8 Å². The Bertz CT molecular complexity index is 275. The van der Waals surface area contributed by atoms with Crippen LogP contribution in [-0.4, -0.2) is 29.9 Å². The first-order valence-corrected chi connectivity index (χ1v) is 8.59. The van der Waals surface area contributed by atoms with Gasteiger partial charge in [0.15, 0.2) is 0 Å². The Morgan fingerprint density at radius 3 is 1.83 bits per heavy atom. The fourth-order valence-corrected chi connectivity index (χ4v) is 3.13. The fourth-order valence-electron chi connectivity index (χ4n) is 2.13. The van der Waals surface area contributed by atoms with Crippen molar-refractivity contribution in [3.05, 3.63) is 0 Å². The van der Waals surface area contributed by atoms with Gasteiger partial charge in [-0.1, -0.05) is 51.9 Å². The third-order valence-corrected chi connectivity index (χ3v) is 4.53. The lowest BCUT2D eigenvalue weighted by atomic mass is 10.1. The highest BCUT2D eigenvalue weighted by atomic mass is 32.2. The molecule has 0 bridgehead atoms. The summed E-state index contributed by atoms with van der Waals surface area (Å²) in [6, 6.07) is 0. The smallest absolute Gasteiger partial charge is 0.267 e. The molecule has 0 saturated carbocycles. The molecule has 110 valence electrons. The molecule has 0 aromatic heterocycles. The van der Waals surface area contributed by atoms with Crippen molar-refractivity contribution in [3.63, 3.8) is 0 Å². The molecule has 0 aromatic rings. The molecule has 0 heterocycles. The van der Waals surface area contributed by atoms with E-state index in [2.05, 4.69) is 0 Å². The zero-order valence-electron chi connectivity index (χ0n) is 11.5. The summed E-state index contributed by atoms with van der Waals surface area (Å²) in [4.78, 5) is 0. The molecule has 1 unspecified atom stereocenters. The standard InChI is InChI=1S/C13H28O4S/c1-2-10-13(18(15,16)17)11-8-6-4-3-5-7-9-12-14/h13-14H,2-12H2,1H3,(H,15,16,17). The summed E-state index contributed by atoms with van der Waals surface area (Å²) in [6.07, 6.45) is 9.13. The maximum absolute atomic E-state index is 11.1. The van der Waals surface area contributed by atoms with E-state index >= 15 is 0 Å². The van der Waals surface area contributed by atoms with Gasteiger partial charge in [-0.2, -0.15) is 8.42 Å². The monoisotopic (exact) mass is 280 g/mol. The average molecular weight is 280 g/mol. The van der Waals surface area contributed by atoms with E-state index in [1.807, 2.05) is 6.92 Å². The third-order valence-electron chi connectivity index (χ3n) is 3.22. The van der Waals surface area contributed by atoms with Crippen molar-refractivity contribution in [3.8, 4) is 0 Å². The fraction of sp³-hybridized carbons (Fsp3) is 1.00. The van der Waals surface area contributed by atoms with Gasteiger partial charge in [0, 0.05) is 6.61 Å². The predicted molar refractivity (Wildman–Crippen MR) is 74.3 cm³/mol. The lowest BCUT2D eigenvalue weighted by molar-refractivity contribution is 0.282. The van der Waals surface area contributed by atoms with E-state index in [-0.39, 0.29) is 6.61 Å². The van der Waals surface area contributed by atoms with Crippen molar-refractivity contribution in [2.75, 3.05) is 6.61 Å². The molecule has 0 fully saturated rings. The molecular weight excluding hydrogens is 252 g/mol. The van der Waals surface area contributed by atoms with Gasteiger partial charge in [-0.3, -0.25) is 4.55 Å². The molecule has 1 atom stereocenters. The van der Waals surface area contributed by atoms with Crippen LogP contribution in [0.2, 0.25) is 0 Å². The molecule has 0 aromatic carbocycles. The van der Waals surface area contributed by atoms with Crippen LogP contribution < -0.4 is 0 Å². The Hall–Kier alpha value is -0.130. The largest absolute Gasteiger partial charge is 0.396 e. The molecule has 0 rings (SSSR count). The molecule has 0 aliphatic heterocycles. The van der Waals surface area contributed by atoms with Crippen LogP contribution >= 0.6 is 0 Å². The minimum atomic E-state index is -3.86. The number of aliphatic hydroxyl groups excluding tert-OH is 1. The summed E-state index contributed by atoms with van der Waals surface area (Å²) in [5.74, 6) is 0. The molecule has 0 radical (unpaired) electrons. The zero-order valence-corrected chi connectivity index (χ0v) is 12.3. The van der Waals surface area contributed by atoms with E-state index in [9.17, 15) is 8.42 Å². The van der Waals surface area contributed by atoms with Crippen molar-refractivity contribution in [1.29, 1.82) is 0 Å². The lowest BCUT2D eigenvalue weighted by Crippen LogP contribution is -2.20. The van der Waals surface area contributed by atoms with Gasteiger partial charge < -0.3 is 5.11 Å². The number of hydrogen-bond acceptors (Lipinski definition) is 3. The molecule has 4 nitrogen and oxygen atoms in total. The second-order valence-electron chi connectivity index (χ2n) is 4.91. The van der Waals surface area contributed by atoms with E-state index in [1.54, 1.807) is 0 Å². The first kappa shape index (κ1) is 17.9. The van der Waals surface area contributed by atoms with Gasteiger partial charge in [0.05, 0.1) is 5.25 Å². The molecule has 0 spiro atoms. The van der Waals surface area contributed by atoms with Gasteiger partial charge in [0.2, 0.25) is 0 Å². The molecule has 5 heteroatoms. The summed E-state index contributed by atoms with van der Waals surface area (Å²) in [6.45, 7) is 2.20. The Balaban J connectivity index is 3.56. The molecular formula is C13H28O4S. The Morgan fingerprint density at radius 2 is 1.39 bits per heavy atom. The quantitative estimate of drug-likeness (QED) is 0.425. The summed E-state index contributed by atoms with van der Waals surface area (Å²) in [5, 5.41) is 8.04. The van der Waals surface area contributed by atoms with Crippen molar-refractivity contribution in [2.45, 2.75) is 76.4 Å². The van der Waals surface area contributed by atoms with Crippen LogP contribution in [0.25, 0.3) is 0 Å². The summed E-state index contributed by atoms with van der Waals surface area (Å²) in [5.41, 5.74) is 0. The first-order valence-electron chi connectivity index (χ1n) is 7.09. The molecule has 0 amide bonds. The van der Waals surface area contributed by atoms with Gasteiger partial charge in [0.1, 0.15) is 0 Å². The molecule has 0 aliphatic rings. The van der Waals surface area contributed by atoms with Gasteiger partial charge in [-0.15, -0.1) is 0 Å². The molecule has 0 aliphatic carbocycles. The van der Waals surface area contributed by atoms with Crippen molar-refractivity contribution >= 4 is 10.1 Å². The number of rotatable bonds is 12. The van der Waals surface area contributed by atoms with Gasteiger partial charge in [-0.25, -0.2) is 0 Å². The van der Waals surface area contributed by atoms with Gasteiger partial charge in [0.25, 0.3) is 10.1 Å². The second-order valence-corrected chi connectivity index (χ2v) is 6.61. The summed E-state index contributed by atoms with van der Waals surface area (Å²) in [7, 11) is -3.86. The summed E-state index contributed by atoms with van der Waals surface area (Å²) >= 11 is 0. The minimum Gasteiger partial charge on any atom is -0.396 e. The highest BCUT2D eigenvalue weighted by molar-refractivity contribution is 7.86. The van der Waals surface area contributed by atoms with E-state index < -0.39 is 15.4 Å². The van der Waals surface area contributed by atoms with E-state index in [1.165, 1.54) is 0 Å². The molecule has 0 saturated heterocycles. The third kappa shape index (κ3) is 9.85. The normalized spacial score (nSPS) is 13.7. The van der Waals surface area contributed by atoms with Gasteiger partial charge in [-0.05, 0) is 19.3 Å². The van der Waals surface area contributed by atoms with E-state index in [4.69, 9.17) is 9.66 Å². The van der Waals surface area contributed by atoms with Gasteiger partial charge >= 0.3 is 0 Å². The highest BCUT2D eigenvalue weighted by Crippen LogP contribution is 2.16. The van der Waals surface area contributed by atoms with Crippen LogP contribution in [0.4, 0.5) is 0 Å². The van der Waals surface area contributed by atoms with Crippen molar-refractivity contribution in [1.82, 2.24) is 0 Å². The highest BCUT2D eigenvalue weighted by Gasteiger charge is 2.20. The molecule has 2 N–H and O–H groups in total. The number of aliphatic hydroxyl groups is 1. The minimum absolute atomic E-state index is 0.271. The predicted octanol–water partition coefficient (Wildman–Crippen LogP) is 3.16. The second kappa shape index (κ2) is 10.8. The SMILES string of the molecule is CCCC(CCCCCCCCCO)S(=O)(=O)O. The first-order chi connectivity index (χ1) is 8.52. The van der Waals surface area contributed by atoms with E-state index in [0.717, 1.165) is 51.4 Å². The van der Waals surface area contributed by atoms with Crippen LogP contribution in [0.15, 0.2) is 0 Å². The molecule has 18 heavy (non-hydrogen) atoms. The Kier molecular flexibility index (Phi) is 10.7. The van der Waals surface area contributed by atoms with Crippen LogP contribution in [0.5, 0.6) is 0 Å². The van der Waals surface area contributed by atoms with Crippen LogP contribution in [0, 0.1) is 0 Å². The average Bonchev–Trinajstić information content (AvgIpc) is 2.30. The lowest BCUT2D eigenvalue weighted by Gasteiger charge is -2.12. The maximum atomic E-state index is 11.1. The van der Waals surface area contributed by atoms with Crippen molar-refractivity contribution in [2.24, 2.45) is 0 Å². The van der Waals surface area contributed by atoms with Crippen molar-refractivity contribution < 1.29 is 18.1 Å². The maximum Gasteiger partial charge on any atom is 0.267 e. The Morgan fingerprint density at radius 1 is 0.889 bits per heavy atom. The van der Waals surface area contributed by atoms with Crippen LogP contribution in [0.3, 0.4) is 0 Å².